The van der Waals surface area contributed by atoms with Gasteiger partial charge in [-0.05, 0) is 49.4 Å². The molecule has 1 aliphatic rings. The first-order valence-electron chi connectivity index (χ1n) is 6.75. The number of ether oxygens (including phenoxy) is 1. The molecule has 3 nitrogen and oxygen atoms in total. The van der Waals surface area contributed by atoms with Gasteiger partial charge in [-0.15, -0.1) is 0 Å². The van der Waals surface area contributed by atoms with E-state index in [1.807, 2.05) is 36.2 Å². The number of hydrogen-bond donors (Lipinski definition) is 0. The van der Waals surface area contributed by atoms with Crippen molar-refractivity contribution in [2.75, 3.05) is 26.8 Å². The zero-order valence-electron chi connectivity index (χ0n) is 11.3. The Morgan fingerprint density at radius 2 is 1.95 bits per heavy atom. The Bertz CT molecular complexity index is 413. The third kappa shape index (κ3) is 4.32. The van der Waals surface area contributed by atoms with Gasteiger partial charge in [0.05, 0.1) is 0 Å². The van der Waals surface area contributed by atoms with Crippen molar-refractivity contribution in [2.45, 2.75) is 19.3 Å². The van der Waals surface area contributed by atoms with E-state index >= 15 is 0 Å². The second-order valence-electron chi connectivity index (χ2n) is 5.08. The average molecular weight is 326 g/mol. The maximum absolute atomic E-state index is 12.2. The number of nitrogens with zero attached hydrogens (tertiary/aromatic N) is 1. The lowest BCUT2D eigenvalue weighted by Crippen LogP contribution is -2.30. The van der Waals surface area contributed by atoms with E-state index in [1.165, 1.54) is 0 Å². The van der Waals surface area contributed by atoms with E-state index in [9.17, 15) is 4.79 Å². The van der Waals surface area contributed by atoms with Gasteiger partial charge in [0, 0.05) is 36.8 Å². The average Bonchev–Trinajstić information content (AvgIpc) is 2.46. The first-order chi connectivity index (χ1) is 9.16. The summed E-state index contributed by atoms with van der Waals surface area (Å²) in [4.78, 5) is 14.0. The van der Waals surface area contributed by atoms with Gasteiger partial charge in [0.1, 0.15) is 0 Å². The SMILES string of the molecule is CN(CCC1CCOCC1)C(=O)c1ccc(Br)cc1. The molecule has 1 amide bonds. The second-order valence-corrected chi connectivity index (χ2v) is 5.99. The van der Waals surface area contributed by atoms with Crippen LogP contribution in [0.15, 0.2) is 28.7 Å². The molecular formula is C15H20BrNO2. The molecule has 0 atom stereocenters. The third-order valence-electron chi connectivity index (χ3n) is 3.65. The number of halogens is 1. The molecule has 0 saturated carbocycles. The van der Waals surface area contributed by atoms with E-state index in [2.05, 4.69) is 15.9 Å². The highest BCUT2D eigenvalue weighted by Crippen LogP contribution is 2.19. The number of amides is 1. The first kappa shape index (κ1) is 14.5. The fourth-order valence-corrected chi connectivity index (χ4v) is 2.59. The van der Waals surface area contributed by atoms with Crippen LogP contribution in [-0.2, 0) is 4.74 Å². The van der Waals surface area contributed by atoms with Crippen LogP contribution in [0.3, 0.4) is 0 Å². The summed E-state index contributed by atoms with van der Waals surface area (Å²) in [5.41, 5.74) is 0.748. The maximum atomic E-state index is 12.2. The predicted molar refractivity (Wildman–Crippen MR) is 79.3 cm³/mol. The van der Waals surface area contributed by atoms with Crippen LogP contribution in [0.4, 0.5) is 0 Å². The van der Waals surface area contributed by atoms with Gasteiger partial charge in [0.2, 0.25) is 0 Å². The summed E-state index contributed by atoms with van der Waals surface area (Å²) in [7, 11) is 1.88. The highest BCUT2D eigenvalue weighted by atomic mass is 79.9. The quantitative estimate of drug-likeness (QED) is 0.849. The fourth-order valence-electron chi connectivity index (χ4n) is 2.33. The van der Waals surface area contributed by atoms with Gasteiger partial charge in [-0.25, -0.2) is 0 Å². The standard InChI is InChI=1S/C15H20BrNO2/c1-17(9-6-12-7-10-19-11-8-12)15(18)13-2-4-14(16)5-3-13/h2-5,12H,6-11H2,1H3. The summed E-state index contributed by atoms with van der Waals surface area (Å²) in [6.45, 7) is 2.56. The van der Waals surface area contributed by atoms with Crippen molar-refractivity contribution in [3.05, 3.63) is 34.3 Å². The fraction of sp³-hybridized carbons (Fsp3) is 0.533. The summed E-state index contributed by atoms with van der Waals surface area (Å²) < 4.78 is 6.34. The predicted octanol–water partition coefficient (Wildman–Crippen LogP) is 3.34. The summed E-state index contributed by atoms with van der Waals surface area (Å²) in [5, 5.41) is 0. The summed E-state index contributed by atoms with van der Waals surface area (Å²) in [6, 6.07) is 7.52. The Morgan fingerprint density at radius 3 is 2.58 bits per heavy atom. The minimum absolute atomic E-state index is 0.0968. The maximum Gasteiger partial charge on any atom is 0.253 e. The van der Waals surface area contributed by atoms with Gasteiger partial charge in [0.25, 0.3) is 5.91 Å². The normalized spacial score (nSPS) is 16.3. The van der Waals surface area contributed by atoms with E-state index in [0.29, 0.717) is 5.92 Å². The highest BCUT2D eigenvalue weighted by Gasteiger charge is 2.16. The molecule has 0 aromatic heterocycles. The highest BCUT2D eigenvalue weighted by molar-refractivity contribution is 9.10. The van der Waals surface area contributed by atoms with Crippen molar-refractivity contribution >= 4 is 21.8 Å². The van der Waals surface area contributed by atoms with Crippen LogP contribution in [0.1, 0.15) is 29.6 Å². The van der Waals surface area contributed by atoms with Crippen LogP contribution in [0.25, 0.3) is 0 Å². The first-order valence-corrected chi connectivity index (χ1v) is 7.55. The van der Waals surface area contributed by atoms with Crippen LogP contribution >= 0.6 is 15.9 Å². The molecule has 0 radical (unpaired) electrons. The van der Waals surface area contributed by atoms with Crippen LogP contribution in [0.5, 0.6) is 0 Å². The van der Waals surface area contributed by atoms with Crippen LogP contribution in [0, 0.1) is 5.92 Å². The molecule has 1 heterocycles. The molecule has 0 spiro atoms. The Morgan fingerprint density at radius 1 is 1.32 bits per heavy atom. The molecule has 1 aliphatic heterocycles. The summed E-state index contributed by atoms with van der Waals surface area (Å²) in [5.74, 6) is 0.800. The lowest BCUT2D eigenvalue weighted by molar-refractivity contribution is 0.0583. The molecule has 19 heavy (non-hydrogen) atoms. The molecule has 1 aromatic carbocycles. The van der Waals surface area contributed by atoms with E-state index in [4.69, 9.17) is 4.74 Å². The molecule has 0 unspecified atom stereocenters. The Hall–Kier alpha value is -0.870. The number of rotatable bonds is 4. The zero-order chi connectivity index (χ0) is 13.7. The molecule has 2 rings (SSSR count). The molecule has 104 valence electrons. The van der Waals surface area contributed by atoms with Crippen molar-refractivity contribution in [1.29, 1.82) is 0 Å². The minimum Gasteiger partial charge on any atom is -0.381 e. The molecule has 4 heteroatoms. The zero-order valence-corrected chi connectivity index (χ0v) is 12.9. The summed E-state index contributed by atoms with van der Waals surface area (Å²) >= 11 is 3.38. The smallest absolute Gasteiger partial charge is 0.253 e. The molecular weight excluding hydrogens is 306 g/mol. The lowest BCUT2D eigenvalue weighted by Gasteiger charge is -2.25. The van der Waals surface area contributed by atoms with E-state index in [0.717, 1.165) is 49.1 Å². The minimum atomic E-state index is 0.0968. The molecule has 1 saturated heterocycles. The van der Waals surface area contributed by atoms with Gasteiger partial charge in [-0.1, -0.05) is 15.9 Å². The summed E-state index contributed by atoms with van der Waals surface area (Å²) in [6.07, 6.45) is 3.32. The van der Waals surface area contributed by atoms with Crippen molar-refractivity contribution in [3.63, 3.8) is 0 Å². The third-order valence-corrected chi connectivity index (χ3v) is 4.18. The number of carbonyl (C=O) groups is 1. The van der Waals surface area contributed by atoms with Crippen molar-refractivity contribution in [3.8, 4) is 0 Å². The molecule has 0 bridgehead atoms. The second kappa shape index (κ2) is 7.06. The van der Waals surface area contributed by atoms with Gasteiger partial charge in [-0.3, -0.25) is 4.79 Å². The van der Waals surface area contributed by atoms with Gasteiger partial charge >= 0.3 is 0 Å². The largest absolute Gasteiger partial charge is 0.381 e. The molecule has 1 aromatic rings. The number of carbonyl (C=O) groups excluding carboxylic acids is 1. The number of hydrogen-bond acceptors (Lipinski definition) is 2. The van der Waals surface area contributed by atoms with Crippen LogP contribution < -0.4 is 0 Å². The number of benzene rings is 1. The molecule has 0 aliphatic carbocycles. The van der Waals surface area contributed by atoms with E-state index in [-0.39, 0.29) is 5.91 Å². The molecule has 1 fully saturated rings. The molecule has 0 N–H and O–H groups in total. The van der Waals surface area contributed by atoms with Crippen molar-refractivity contribution in [2.24, 2.45) is 5.92 Å². The Labute approximate surface area is 123 Å². The van der Waals surface area contributed by atoms with Gasteiger partial charge in [-0.2, -0.15) is 0 Å². The van der Waals surface area contributed by atoms with Gasteiger partial charge < -0.3 is 9.64 Å². The lowest BCUT2D eigenvalue weighted by atomic mass is 9.96. The van der Waals surface area contributed by atoms with E-state index in [1.54, 1.807) is 0 Å². The van der Waals surface area contributed by atoms with Crippen LogP contribution in [-0.4, -0.2) is 37.6 Å². The van der Waals surface area contributed by atoms with Crippen LogP contribution in [0.2, 0.25) is 0 Å². The van der Waals surface area contributed by atoms with E-state index < -0.39 is 0 Å². The van der Waals surface area contributed by atoms with Gasteiger partial charge in [0.15, 0.2) is 0 Å². The Balaban J connectivity index is 1.83. The monoisotopic (exact) mass is 325 g/mol. The van der Waals surface area contributed by atoms with Crippen molar-refractivity contribution in [1.82, 2.24) is 4.90 Å². The Kier molecular flexibility index (Phi) is 5.40. The van der Waals surface area contributed by atoms with Crippen molar-refractivity contribution < 1.29 is 9.53 Å². The topological polar surface area (TPSA) is 29.5 Å².